The van der Waals surface area contributed by atoms with Crippen LogP contribution in [0, 0.1) is 0 Å². The molecule has 0 radical (unpaired) electrons. The quantitative estimate of drug-likeness (QED) is 0.810. The zero-order valence-electron chi connectivity index (χ0n) is 10.3. The second kappa shape index (κ2) is 5.14. The molecule has 92 valence electrons. The Labute approximate surface area is 101 Å². The Morgan fingerprint density at radius 2 is 2.06 bits per heavy atom. The fourth-order valence-electron chi connectivity index (χ4n) is 1.96. The summed E-state index contributed by atoms with van der Waals surface area (Å²) >= 11 is 0. The van der Waals surface area contributed by atoms with Crippen LogP contribution in [0.25, 0.3) is 0 Å². The third-order valence-electron chi connectivity index (χ3n) is 3.07. The van der Waals surface area contributed by atoms with Crippen LogP contribution in [0.2, 0.25) is 0 Å². The van der Waals surface area contributed by atoms with Crippen molar-refractivity contribution in [1.82, 2.24) is 14.8 Å². The van der Waals surface area contributed by atoms with E-state index < -0.39 is 0 Å². The van der Waals surface area contributed by atoms with Crippen molar-refractivity contribution in [3.05, 3.63) is 23.9 Å². The van der Waals surface area contributed by atoms with Gasteiger partial charge in [0.15, 0.2) is 0 Å². The van der Waals surface area contributed by atoms with Gasteiger partial charge in [-0.05, 0) is 19.2 Å². The minimum atomic E-state index is 0.0653. The highest BCUT2D eigenvalue weighted by Gasteiger charge is 2.22. The van der Waals surface area contributed by atoms with Crippen molar-refractivity contribution in [2.45, 2.75) is 0 Å². The average molecular weight is 234 g/mol. The first-order chi connectivity index (χ1) is 8.22. The molecule has 17 heavy (non-hydrogen) atoms. The van der Waals surface area contributed by atoms with Crippen LogP contribution >= 0.6 is 0 Å². The molecule has 1 fully saturated rings. The molecule has 1 aromatic heterocycles. The molecule has 1 aromatic rings. The van der Waals surface area contributed by atoms with Gasteiger partial charge in [0.2, 0.25) is 0 Å². The molecule has 0 unspecified atom stereocenters. The largest absolute Gasteiger partial charge is 0.372 e. The average Bonchev–Trinajstić information content (AvgIpc) is 2.39. The molecular formula is C12H18N4O. The lowest BCUT2D eigenvalue weighted by Gasteiger charge is -2.32. The van der Waals surface area contributed by atoms with Gasteiger partial charge in [0.1, 0.15) is 5.82 Å². The van der Waals surface area contributed by atoms with Crippen LogP contribution in [0.1, 0.15) is 10.4 Å². The molecule has 2 rings (SSSR count). The van der Waals surface area contributed by atoms with Gasteiger partial charge in [-0.2, -0.15) is 0 Å². The van der Waals surface area contributed by atoms with E-state index in [0.717, 1.165) is 26.2 Å². The summed E-state index contributed by atoms with van der Waals surface area (Å²) in [6, 6.07) is 3.61. The monoisotopic (exact) mass is 234 g/mol. The maximum absolute atomic E-state index is 12.3. The van der Waals surface area contributed by atoms with Crippen molar-refractivity contribution in [1.29, 1.82) is 0 Å². The number of nitrogens with zero attached hydrogens (tertiary/aromatic N) is 3. The molecule has 0 saturated carbocycles. The predicted molar refractivity (Wildman–Crippen MR) is 67.2 cm³/mol. The molecule has 0 spiro atoms. The first kappa shape index (κ1) is 11.9. The highest BCUT2D eigenvalue weighted by Crippen LogP contribution is 2.14. The van der Waals surface area contributed by atoms with Crippen molar-refractivity contribution in [2.24, 2.45) is 0 Å². The smallest absolute Gasteiger partial charge is 0.257 e. The van der Waals surface area contributed by atoms with Gasteiger partial charge >= 0.3 is 0 Å². The van der Waals surface area contributed by atoms with Gasteiger partial charge < -0.3 is 15.1 Å². The van der Waals surface area contributed by atoms with Gasteiger partial charge in [-0.1, -0.05) is 0 Å². The number of pyridine rings is 1. The molecule has 0 aromatic carbocycles. The van der Waals surface area contributed by atoms with Gasteiger partial charge in [0.25, 0.3) is 5.91 Å². The van der Waals surface area contributed by atoms with Gasteiger partial charge in [-0.15, -0.1) is 0 Å². The van der Waals surface area contributed by atoms with E-state index in [-0.39, 0.29) is 5.91 Å². The summed E-state index contributed by atoms with van der Waals surface area (Å²) in [5.74, 6) is 0.715. The molecule has 0 bridgehead atoms. The summed E-state index contributed by atoms with van der Waals surface area (Å²) in [7, 11) is 3.86. The summed E-state index contributed by atoms with van der Waals surface area (Å²) in [4.78, 5) is 20.6. The van der Waals surface area contributed by atoms with Crippen LogP contribution < -0.4 is 5.32 Å². The zero-order chi connectivity index (χ0) is 12.3. The lowest BCUT2D eigenvalue weighted by Crippen LogP contribution is -2.47. The Bertz CT molecular complexity index is 399. The standard InChI is InChI=1S/C12H18N4O/c1-13-11-10(4-3-5-14-11)12(17)16-8-6-15(2)7-9-16/h3-5H,6-9H2,1-2H3,(H,13,14). The highest BCUT2D eigenvalue weighted by molar-refractivity contribution is 5.98. The van der Waals surface area contributed by atoms with E-state index in [1.165, 1.54) is 0 Å². The minimum absolute atomic E-state index is 0.0653. The van der Waals surface area contributed by atoms with E-state index in [1.54, 1.807) is 19.3 Å². The Balaban J connectivity index is 2.14. The van der Waals surface area contributed by atoms with Crippen molar-refractivity contribution in [3.63, 3.8) is 0 Å². The molecule has 5 nitrogen and oxygen atoms in total. The fourth-order valence-corrected chi connectivity index (χ4v) is 1.96. The second-order valence-electron chi connectivity index (χ2n) is 4.25. The Morgan fingerprint density at radius 3 is 2.71 bits per heavy atom. The van der Waals surface area contributed by atoms with Crippen LogP contribution in [0.15, 0.2) is 18.3 Å². The molecule has 0 aliphatic carbocycles. The number of anilines is 1. The second-order valence-corrected chi connectivity index (χ2v) is 4.25. The normalized spacial score (nSPS) is 16.9. The molecule has 1 aliphatic heterocycles. The molecule has 1 saturated heterocycles. The number of hydrogen-bond acceptors (Lipinski definition) is 4. The number of aromatic nitrogens is 1. The van der Waals surface area contributed by atoms with Gasteiger partial charge in [-0.3, -0.25) is 4.79 Å². The van der Waals surface area contributed by atoms with Crippen LogP contribution in [-0.2, 0) is 0 Å². The summed E-state index contributed by atoms with van der Waals surface area (Å²) in [6.45, 7) is 3.43. The highest BCUT2D eigenvalue weighted by atomic mass is 16.2. The lowest BCUT2D eigenvalue weighted by molar-refractivity contribution is 0.0665. The molecule has 5 heteroatoms. The minimum Gasteiger partial charge on any atom is -0.372 e. The van der Waals surface area contributed by atoms with Gasteiger partial charge in [-0.25, -0.2) is 4.98 Å². The van der Waals surface area contributed by atoms with Crippen LogP contribution in [-0.4, -0.2) is 61.0 Å². The first-order valence-corrected chi connectivity index (χ1v) is 5.83. The number of carbonyl (C=O) groups is 1. The van der Waals surface area contributed by atoms with Crippen LogP contribution in [0.4, 0.5) is 5.82 Å². The van der Waals surface area contributed by atoms with Gasteiger partial charge in [0, 0.05) is 39.4 Å². The third kappa shape index (κ3) is 2.55. The maximum atomic E-state index is 12.3. The predicted octanol–water partition coefficient (Wildman–Crippen LogP) is 0.511. The number of nitrogens with one attached hydrogen (secondary N) is 1. The number of piperazine rings is 1. The van der Waals surface area contributed by atoms with E-state index in [0.29, 0.717) is 11.4 Å². The molecule has 2 heterocycles. The van der Waals surface area contributed by atoms with E-state index >= 15 is 0 Å². The molecule has 1 aliphatic rings. The summed E-state index contributed by atoms with van der Waals surface area (Å²) in [5, 5.41) is 2.96. The molecule has 1 N–H and O–H groups in total. The summed E-state index contributed by atoms with van der Waals surface area (Å²) in [5.41, 5.74) is 0.652. The number of rotatable bonds is 2. The van der Waals surface area contributed by atoms with Crippen molar-refractivity contribution < 1.29 is 4.79 Å². The SMILES string of the molecule is CNc1ncccc1C(=O)N1CCN(C)CC1. The Morgan fingerprint density at radius 1 is 1.35 bits per heavy atom. The lowest BCUT2D eigenvalue weighted by atomic mass is 10.2. The third-order valence-corrected chi connectivity index (χ3v) is 3.07. The Hall–Kier alpha value is -1.62. The first-order valence-electron chi connectivity index (χ1n) is 5.83. The van der Waals surface area contributed by atoms with E-state index in [9.17, 15) is 4.79 Å². The van der Waals surface area contributed by atoms with Crippen molar-refractivity contribution >= 4 is 11.7 Å². The van der Waals surface area contributed by atoms with E-state index in [1.807, 2.05) is 11.0 Å². The van der Waals surface area contributed by atoms with Crippen LogP contribution in [0.5, 0.6) is 0 Å². The topological polar surface area (TPSA) is 48.5 Å². The number of likely N-dealkylation sites (N-methyl/N-ethyl adjacent to an activating group) is 1. The fraction of sp³-hybridized carbons (Fsp3) is 0.500. The van der Waals surface area contributed by atoms with E-state index in [2.05, 4.69) is 22.2 Å². The van der Waals surface area contributed by atoms with Crippen molar-refractivity contribution in [2.75, 3.05) is 45.6 Å². The number of carbonyl (C=O) groups excluding carboxylic acids is 1. The number of hydrogen-bond donors (Lipinski definition) is 1. The zero-order valence-corrected chi connectivity index (χ0v) is 10.3. The van der Waals surface area contributed by atoms with Gasteiger partial charge in [0.05, 0.1) is 5.56 Å². The molecule has 0 atom stereocenters. The van der Waals surface area contributed by atoms with E-state index in [4.69, 9.17) is 0 Å². The maximum Gasteiger partial charge on any atom is 0.257 e. The van der Waals surface area contributed by atoms with Crippen molar-refractivity contribution in [3.8, 4) is 0 Å². The summed E-state index contributed by atoms with van der Waals surface area (Å²) in [6.07, 6.45) is 1.69. The molecule has 1 amide bonds. The summed E-state index contributed by atoms with van der Waals surface area (Å²) < 4.78 is 0. The Kier molecular flexibility index (Phi) is 3.58. The van der Waals surface area contributed by atoms with Crippen LogP contribution in [0.3, 0.4) is 0 Å². The molecular weight excluding hydrogens is 216 g/mol. The number of amides is 1.